The van der Waals surface area contributed by atoms with E-state index in [1.807, 2.05) is 29.0 Å². The van der Waals surface area contributed by atoms with Gasteiger partial charge in [-0.05, 0) is 57.8 Å². The molecule has 156 valence electrons. The molecule has 1 aromatic heterocycles. The Morgan fingerprint density at radius 2 is 1.90 bits per heavy atom. The Hall–Kier alpha value is -3.91. The van der Waals surface area contributed by atoms with Crippen LogP contribution in [0.3, 0.4) is 0 Å². The number of phenols is 1. The first-order valence-electron chi connectivity index (χ1n) is 9.48. The molecular formula is C23H19N3O4S. The maximum Gasteiger partial charge on any atom is 0.260 e. The summed E-state index contributed by atoms with van der Waals surface area (Å²) in [5.74, 6) is -1.22. The first kappa shape index (κ1) is 20.4. The molecule has 1 aliphatic rings. The predicted molar refractivity (Wildman–Crippen MR) is 119 cm³/mol. The van der Waals surface area contributed by atoms with Crippen LogP contribution in [0, 0.1) is 0 Å². The zero-order chi connectivity index (χ0) is 22.0. The van der Waals surface area contributed by atoms with E-state index in [-0.39, 0.29) is 11.7 Å². The van der Waals surface area contributed by atoms with Gasteiger partial charge in [-0.1, -0.05) is 12.1 Å². The summed E-state index contributed by atoms with van der Waals surface area (Å²) < 4.78 is 0. The molecule has 31 heavy (non-hydrogen) atoms. The number of imide groups is 1. The summed E-state index contributed by atoms with van der Waals surface area (Å²) in [7, 11) is 0. The van der Waals surface area contributed by atoms with Gasteiger partial charge in [0.15, 0.2) is 0 Å². The highest BCUT2D eigenvalue weighted by Gasteiger charge is 2.27. The lowest BCUT2D eigenvalue weighted by Gasteiger charge is -2.19. The van der Waals surface area contributed by atoms with Gasteiger partial charge >= 0.3 is 0 Å². The van der Waals surface area contributed by atoms with Crippen molar-refractivity contribution in [3.05, 3.63) is 76.1 Å². The highest BCUT2D eigenvalue weighted by molar-refractivity contribution is 7.08. The molecule has 0 unspecified atom stereocenters. The van der Waals surface area contributed by atoms with E-state index in [0.29, 0.717) is 28.9 Å². The molecule has 0 saturated heterocycles. The summed E-state index contributed by atoms with van der Waals surface area (Å²) in [6, 6.07) is 12.3. The first-order valence-corrected chi connectivity index (χ1v) is 10.4. The quantitative estimate of drug-likeness (QED) is 0.280. The molecular weight excluding hydrogens is 414 g/mol. The van der Waals surface area contributed by atoms with Gasteiger partial charge in [0, 0.05) is 30.8 Å². The van der Waals surface area contributed by atoms with Crippen LogP contribution in [0.5, 0.6) is 5.75 Å². The number of nitrogens with one attached hydrogen (secondary N) is 3. The summed E-state index contributed by atoms with van der Waals surface area (Å²) in [5, 5.41) is 22.0. The number of benzene rings is 2. The lowest BCUT2D eigenvalue weighted by Crippen LogP contribution is -2.37. The molecule has 7 nitrogen and oxygen atoms in total. The van der Waals surface area contributed by atoms with Crippen LogP contribution >= 0.6 is 11.3 Å². The van der Waals surface area contributed by atoms with E-state index in [9.17, 15) is 19.5 Å². The van der Waals surface area contributed by atoms with Crippen LogP contribution < -0.4 is 16.0 Å². The molecule has 2 heterocycles. The van der Waals surface area contributed by atoms with Gasteiger partial charge in [-0.15, -0.1) is 0 Å². The topological polar surface area (TPSA) is 108 Å². The fourth-order valence-electron chi connectivity index (χ4n) is 3.33. The number of carbonyl (C=O) groups is 3. The number of thiophene rings is 1. The maximum atomic E-state index is 12.5. The van der Waals surface area contributed by atoms with Gasteiger partial charge in [0.1, 0.15) is 5.75 Å². The molecule has 4 rings (SSSR count). The molecule has 0 aliphatic carbocycles. The van der Waals surface area contributed by atoms with Gasteiger partial charge in [0.2, 0.25) is 5.91 Å². The smallest absolute Gasteiger partial charge is 0.260 e. The molecule has 0 spiro atoms. The Balaban J connectivity index is 1.58. The monoisotopic (exact) mass is 433 g/mol. The average Bonchev–Trinajstić information content (AvgIpc) is 3.26. The lowest BCUT2D eigenvalue weighted by atomic mass is 9.92. The van der Waals surface area contributed by atoms with Gasteiger partial charge < -0.3 is 15.7 Å². The largest absolute Gasteiger partial charge is 0.506 e. The molecule has 2 aromatic carbocycles. The van der Waals surface area contributed by atoms with Crippen LogP contribution in [0.4, 0.5) is 5.69 Å². The van der Waals surface area contributed by atoms with Crippen molar-refractivity contribution in [3.8, 4) is 16.9 Å². The van der Waals surface area contributed by atoms with Gasteiger partial charge in [0.25, 0.3) is 11.8 Å². The summed E-state index contributed by atoms with van der Waals surface area (Å²) in [4.78, 5) is 35.9. The number of fused-ring (bicyclic) bond motifs is 1. The minimum Gasteiger partial charge on any atom is -0.506 e. The van der Waals surface area contributed by atoms with Crippen LogP contribution in [0.25, 0.3) is 16.7 Å². The van der Waals surface area contributed by atoms with E-state index in [0.717, 1.165) is 16.7 Å². The summed E-state index contributed by atoms with van der Waals surface area (Å²) in [6.45, 7) is 1.70. The Kier molecular flexibility index (Phi) is 5.55. The Morgan fingerprint density at radius 3 is 2.61 bits per heavy atom. The molecule has 0 radical (unpaired) electrons. The number of anilines is 1. The maximum absolute atomic E-state index is 12.5. The Morgan fingerprint density at radius 1 is 1.06 bits per heavy atom. The van der Waals surface area contributed by atoms with Gasteiger partial charge in [-0.25, -0.2) is 0 Å². The van der Waals surface area contributed by atoms with Crippen molar-refractivity contribution in [2.75, 3.05) is 5.32 Å². The predicted octanol–water partition coefficient (Wildman–Crippen LogP) is 3.48. The van der Waals surface area contributed by atoms with E-state index < -0.39 is 11.8 Å². The second-order valence-electron chi connectivity index (χ2n) is 7.03. The molecule has 1 aliphatic heterocycles. The Labute approximate surface area is 182 Å². The minimum absolute atomic E-state index is 0.0473. The van der Waals surface area contributed by atoms with Crippen LogP contribution in [0.2, 0.25) is 0 Å². The Bertz CT molecular complexity index is 1220. The van der Waals surface area contributed by atoms with Crippen molar-refractivity contribution >= 4 is 40.3 Å². The van der Waals surface area contributed by atoms with Gasteiger partial charge in [0.05, 0.1) is 11.3 Å². The minimum atomic E-state index is -0.476. The number of rotatable bonds is 5. The van der Waals surface area contributed by atoms with Crippen LogP contribution in [-0.2, 0) is 16.1 Å². The van der Waals surface area contributed by atoms with Crippen molar-refractivity contribution in [2.24, 2.45) is 0 Å². The van der Waals surface area contributed by atoms with Crippen LogP contribution in [-0.4, -0.2) is 22.8 Å². The van der Waals surface area contributed by atoms with Crippen LogP contribution in [0.1, 0.15) is 28.4 Å². The van der Waals surface area contributed by atoms with Crippen molar-refractivity contribution < 1.29 is 19.5 Å². The first-order chi connectivity index (χ1) is 14.9. The second kappa shape index (κ2) is 8.45. The summed E-state index contributed by atoms with van der Waals surface area (Å²) >= 11 is 1.57. The van der Waals surface area contributed by atoms with E-state index in [1.54, 1.807) is 35.7 Å². The normalized spacial score (nSPS) is 14.2. The summed E-state index contributed by atoms with van der Waals surface area (Å²) in [6.07, 6.45) is 1.57. The van der Waals surface area contributed by atoms with E-state index in [2.05, 4.69) is 16.0 Å². The highest BCUT2D eigenvalue weighted by atomic mass is 32.1. The molecule has 3 amide bonds. The fraction of sp³-hybridized carbons (Fsp3) is 0.0870. The molecule has 0 fully saturated rings. The SMILES string of the molecule is CC(=O)Nc1ccc(CN/C=C2\C(=O)NC(=O)c3ccc(-c4ccsc4)cc32)cc1O. The average molecular weight is 433 g/mol. The number of carbonyl (C=O) groups excluding carboxylic acids is 3. The van der Waals surface area contributed by atoms with Crippen LogP contribution in [0.15, 0.2) is 59.4 Å². The number of phenolic OH excluding ortho intramolecular Hbond substituents is 1. The summed E-state index contributed by atoms with van der Waals surface area (Å²) in [5.41, 5.74) is 4.38. The lowest BCUT2D eigenvalue weighted by molar-refractivity contribution is -0.115. The zero-order valence-electron chi connectivity index (χ0n) is 16.6. The van der Waals surface area contributed by atoms with Crippen molar-refractivity contribution in [2.45, 2.75) is 13.5 Å². The third-order valence-corrected chi connectivity index (χ3v) is 5.49. The number of hydrogen-bond donors (Lipinski definition) is 4. The van der Waals surface area contributed by atoms with E-state index in [4.69, 9.17) is 0 Å². The molecule has 8 heteroatoms. The van der Waals surface area contributed by atoms with Crippen molar-refractivity contribution in [1.82, 2.24) is 10.6 Å². The number of amides is 3. The standard InChI is InChI=1S/C23H19N3O4S/c1-13(27)25-20-5-2-14(8-21(20)28)10-24-11-19-18-9-15(16-6-7-31-12-16)3-4-17(18)22(29)26-23(19)30/h2-9,11-12,24,28H,10H2,1H3,(H,25,27)(H,26,29,30)/b19-11-. The van der Waals surface area contributed by atoms with E-state index in [1.165, 1.54) is 13.0 Å². The molecule has 0 atom stereocenters. The molecule has 0 saturated carbocycles. The third-order valence-electron chi connectivity index (χ3n) is 4.81. The highest BCUT2D eigenvalue weighted by Crippen LogP contribution is 2.30. The number of aromatic hydroxyl groups is 1. The third kappa shape index (κ3) is 4.34. The van der Waals surface area contributed by atoms with Crippen molar-refractivity contribution in [1.29, 1.82) is 0 Å². The van der Waals surface area contributed by atoms with Gasteiger partial charge in [-0.2, -0.15) is 11.3 Å². The molecule has 4 N–H and O–H groups in total. The fourth-order valence-corrected chi connectivity index (χ4v) is 4.00. The molecule has 0 bridgehead atoms. The van der Waals surface area contributed by atoms with Gasteiger partial charge in [-0.3, -0.25) is 19.7 Å². The second-order valence-corrected chi connectivity index (χ2v) is 7.81. The number of hydrogen-bond acceptors (Lipinski definition) is 6. The molecule has 3 aromatic rings. The zero-order valence-corrected chi connectivity index (χ0v) is 17.4. The van der Waals surface area contributed by atoms with E-state index >= 15 is 0 Å². The van der Waals surface area contributed by atoms with Crippen molar-refractivity contribution in [3.63, 3.8) is 0 Å².